The monoisotopic (exact) mass is 249 g/mol. The summed E-state index contributed by atoms with van der Waals surface area (Å²) in [6, 6.07) is 8.41. The molecule has 1 aromatic rings. The van der Waals surface area contributed by atoms with Crippen LogP contribution in [-0.4, -0.2) is 33.9 Å². The third-order valence-corrected chi connectivity index (χ3v) is 3.71. The first kappa shape index (κ1) is 13.4. The van der Waals surface area contributed by atoms with Crippen molar-refractivity contribution >= 4 is 0 Å². The van der Waals surface area contributed by atoms with Crippen LogP contribution in [-0.2, 0) is 4.74 Å². The molecule has 1 saturated heterocycles. The molecule has 2 atom stereocenters. The van der Waals surface area contributed by atoms with Gasteiger partial charge in [-0.25, -0.2) is 0 Å². The molecule has 3 nitrogen and oxygen atoms in total. The Bertz CT molecular complexity index is 361. The van der Waals surface area contributed by atoms with E-state index in [2.05, 4.69) is 23.5 Å². The molecule has 1 aliphatic heterocycles. The van der Waals surface area contributed by atoms with Crippen LogP contribution in [0.15, 0.2) is 24.3 Å². The minimum atomic E-state index is 0.505. The van der Waals surface area contributed by atoms with E-state index in [1.165, 1.54) is 18.4 Å². The van der Waals surface area contributed by atoms with Gasteiger partial charge >= 0.3 is 0 Å². The molecule has 3 heteroatoms. The number of ether oxygens (including phenoxy) is 2. The Morgan fingerprint density at radius 3 is 3.06 bits per heavy atom. The van der Waals surface area contributed by atoms with Crippen LogP contribution in [0.25, 0.3) is 0 Å². The molecule has 1 fully saturated rings. The molecule has 1 aliphatic rings. The molecule has 0 spiro atoms. The lowest BCUT2D eigenvalue weighted by Gasteiger charge is -2.30. The minimum Gasteiger partial charge on any atom is -0.497 e. The zero-order valence-corrected chi connectivity index (χ0v) is 11.3. The Labute approximate surface area is 109 Å². The number of benzene rings is 1. The van der Waals surface area contributed by atoms with E-state index in [-0.39, 0.29) is 0 Å². The fraction of sp³-hybridized carbons (Fsp3) is 0.600. The van der Waals surface area contributed by atoms with Gasteiger partial charge in [-0.1, -0.05) is 12.1 Å². The summed E-state index contributed by atoms with van der Waals surface area (Å²) in [5.41, 5.74) is 1.35. The van der Waals surface area contributed by atoms with Gasteiger partial charge in [-0.3, -0.25) is 0 Å². The van der Waals surface area contributed by atoms with Crippen LogP contribution in [0.1, 0.15) is 24.3 Å². The minimum absolute atomic E-state index is 0.505. The molecule has 0 bridgehead atoms. The van der Waals surface area contributed by atoms with E-state index in [1.54, 1.807) is 7.11 Å². The van der Waals surface area contributed by atoms with E-state index in [1.807, 2.05) is 13.1 Å². The normalized spacial score (nSPS) is 21.6. The number of rotatable bonds is 5. The highest BCUT2D eigenvalue weighted by Crippen LogP contribution is 2.32. The number of likely N-dealkylation sites (N-methyl/N-ethyl adjacent to an activating group) is 1. The highest BCUT2D eigenvalue weighted by molar-refractivity contribution is 5.31. The zero-order valence-electron chi connectivity index (χ0n) is 11.3. The lowest BCUT2D eigenvalue weighted by atomic mass is 9.82. The third kappa shape index (κ3) is 3.24. The first-order chi connectivity index (χ1) is 8.85. The highest BCUT2D eigenvalue weighted by Gasteiger charge is 2.25. The maximum absolute atomic E-state index is 5.63. The van der Waals surface area contributed by atoms with Crippen LogP contribution in [0.4, 0.5) is 0 Å². The first-order valence-corrected chi connectivity index (χ1v) is 6.71. The standard InChI is InChI=1S/C15H23NO2/c1-16-10-15(13-6-4-8-18-11-13)12-5-3-7-14(9-12)17-2/h3,5,7,9,13,15-16H,4,6,8,10-11H2,1-2H3. The van der Waals surface area contributed by atoms with Crippen molar-refractivity contribution in [3.8, 4) is 5.75 Å². The molecule has 18 heavy (non-hydrogen) atoms. The fourth-order valence-corrected chi connectivity index (χ4v) is 2.73. The molecule has 1 heterocycles. The summed E-state index contributed by atoms with van der Waals surface area (Å²) in [5.74, 6) is 2.05. The van der Waals surface area contributed by atoms with Crippen molar-refractivity contribution in [3.05, 3.63) is 29.8 Å². The van der Waals surface area contributed by atoms with Gasteiger partial charge in [0.25, 0.3) is 0 Å². The van der Waals surface area contributed by atoms with Crippen molar-refractivity contribution in [2.24, 2.45) is 5.92 Å². The quantitative estimate of drug-likeness (QED) is 0.869. The Morgan fingerprint density at radius 2 is 2.39 bits per heavy atom. The summed E-state index contributed by atoms with van der Waals surface area (Å²) in [4.78, 5) is 0. The fourth-order valence-electron chi connectivity index (χ4n) is 2.73. The predicted octanol–water partition coefficient (Wildman–Crippen LogP) is 2.42. The van der Waals surface area contributed by atoms with Crippen LogP contribution in [0.3, 0.4) is 0 Å². The summed E-state index contributed by atoms with van der Waals surface area (Å²) < 4.78 is 10.9. The first-order valence-electron chi connectivity index (χ1n) is 6.71. The van der Waals surface area contributed by atoms with Gasteiger partial charge in [0.1, 0.15) is 5.75 Å². The van der Waals surface area contributed by atoms with E-state index in [0.29, 0.717) is 11.8 Å². The average Bonchev–Trinajstić information content (AvgIpc) is 2.46. The van der Waals surface area contributed by atoms with Crippen molar-refractivity contribution in [2.75, 3.05) is 33.9 Å². The molecule has 0 amide bonds. The third-order valence-electron chi connectivity index (χ3n) is 3.71. The highest BCUT2D eigenvalue weighted by atomic mass is 16.5. The molecule has 1 aromatic carbocycles. The van der Waals surface area contributed by atoms with Crippen molar-refractivity contribution in [1.29, 1.82) is 0 Å². The Morgan fingerprint density at radius 1 is 1.50 bits per heavy atom. The Kier molecular flexibility index (Phi) is 5.02. The van der Waals surface area contributed by atoms with Gasteiger partial charge in [-0.05, 0) is 43.5 Å². The van der Waals surface area contributed by atoms with Gasteiger partial charge in [-0.15, -0.1) is 0 Å². The molecular weight excluding hydrogens is 226 g/mol. The van der Waals surface area contributed by atoms with Gasteiger partial charge in [0, 0.05) is 19.1 Å². The molecule has 2 unspecified atom stereocenters. The smallest absolute Gasteiger partial charge is 0.119 e. The SMILES string of the molecule is CNCC(c1cccc(OC)c1)C1CCCOC1. The van der Waals surface area contributed by atoms with Gasteiger partial charge in [0.2, 0.25) is 0 Å². The summed E-state index contributed by atoms with van der Waals surface area (Å²) in [5, 5.41) is 3.30. The average molecular weight is 249 g/mol. The van der Waals surface area contributed by atoms with E-state index in [4.69, 9.17) is 9.47 Å². The van der Waals surface area contributed by atoms with Crippen molar-refractivity contribution in [3.63, 3.8) is 0 Å². The Balaban J connectivity index is 2.16. The predicted molar refractivity (Wildman–Crippen MR) is 73.2 cm³/mol. The zero-order chi connectivity index (χ0) is 12.8. The molecule has 0 radical (unpaired) electrons. The van der Waals surface area contributed by atoms with Crippen LogP contribution in [0, 0.1) is 5.92 Å². The Hall–Kier alpha value is -1.06. The van der Waals surface area contributed by atoms with Crippen LogP contribution < -0.4 is 10.1 Å². The second-order valence-electron chi connectivity index (χ2n) is 4.92. The summed E-state index contributed by atoms with van der Waals surface area (Å²) in [6.45, 7) is 2.78. The van der Waals surface area contributed by atoms with Gasteiger partial charge in [0.05, 0.1) is 13.7 Å². The van der Waals surface area contributed by atoms with Crippen molar-refractivity contribution in [1.82, 2.24) is 5.32 Å². The topological polar surface area (TPSA) is 30.5 Å². The van der Waals surface area contributed by atoms with Crippen LogP contribution >= 0.6 is 0 Å². The molecule has 100 valence electrons. The summed E-state index contributed by atoms with van der Waals surface area (Å²) in [7, 11) is 3.73. The molecule has 2 rings (SSSR count). The molecule has 0 saturated carbocycles. The molecule has 0 aromatic heterocycles. The van der Waals surface area contributed by atoms with E-state index < -0.39 is 0 Å². The number of methoxy groups -OCH3 is 1. The number of nitrogens with one attached hydrogen (secondary N) is 1. The second-order valence-corrected chi connectivity index (χ2v) is 4.92. The molecular formula is C15H23NO2. The maximum Gasteiger partial charge on any atom is 0.119 e. The maximum atomic E-state index is 5.63. The molecule has 1 N–H and O–H groups in total. The van der Waals surface area contributed by atoms with Gasteiger partial charge in [0.15, 0.2) is 0 Å². The van der Waals surface area contributed by atoms with Gasteiger partial charge in [-0.2, -0.15) is 0 Å². The van der Waals surface area contributed by atoms with E-state index in [0.717, 1.165) is 25.5 Å². The summed E-state index contributed by atoms with van der Waals surface area (Å²) in [6.07, 6.45) is 2.43. The van der Waals surface area contributed by atoms with E-state index >= 15 is 0 Å². The van der Waals surface area contributed by atoms with E-state index in [9.17, 15) is 0 Å². The summed E-state index contributed by atoms with van der Waals surface area (Å²) >= 11 is 0. The van der Waals surface area contributed by atoms with Crippen LogP contribution in [0.5, 0.6) is 5.75 Å². The van der Waals surface area contributed by atoms with Crippen LogP contribution in [0.2, 0.25) is 0 Å². The molecule has 0 aliphatic carbocycles. The number of hydrogen-bond acceptors (Lipinski definition) is 3. The van der Waals surface area contributed by atoms with Crippen molar-refractivity contribution in [2.45, 2.75) is 18.8 Å². The van der Waals surface area contributed by atoms with Crippen molar-refractivity contribution < 1.29 is 9.47 Å². The second kappa shape index (κ2) is 6.76. The lowest BCUT2D eigenvalue weighted by molar-refractivity contribution is 0.0441. The number of hydrogen-bond donors (Lipinski definition) is 1. The lowest BCUT2D eigenvalue weighted by Crippen LogP contribution is -2.30. The van der Waals surface area contributed by atoms with Gasteiger partial charge < -0.3 is 14.8 Å². The largest absolute Gasteiger partial charge is 0.497 e.